The molecule has 0 bridgehead atoms. The number of nitrogens with zero attached hydrogens (tertiary/aromatic N) is 1. The van der Waals surface area contributed by atoms with Crippen LogP contribution >= 0.6 is 0 Å². The number of sulfone groups is 1. The predicted octanol–water partition coefficient (Wildman–Crippen LogP) is 0.458. The Labute approximate surface area is 124 Å². The zero-order chi connectivity index (χ0) is 15.6. The summed E-state index contributed by atoms with van der Waals surface area (Å²) in [6.45, 7) is 2.27. The van der Waals surface area contributed by atoms with E-state index in [1.165, 1.54) is 4.90 Å². The summed E-state index contributed by atoms with van der Waals surface area (Å²) >= 11 is 0. The Kier molecular flexibility index (Phi) is 4.75. The summed E-state index contributed by atoms with van der Waals surface area (Å²) in [6.07, 6.45) is 2.38. The van der Waals surface area contributed by atoms with Gasteiger partial charge in [-0.3, -0.25) is 0 Å². The molecule has 2 amide bonds. The van der Waals surface area contributed by atoms with E-state index in [1.54, 1.807) is 0 Å². The molecule has 0 spiro atoms. The molecule has 2 aliphatic rings. The van der Waals surface area contributed by atoms with Crippen LogP contribution in [0.3, 0.4) is 0 Å². The van der Waals surface area contributed by atoms with Crippen LogP contribution in [0.4, 0.5) is 4.79 Å². The first-order valence-corrected chi connectivity index (χ1v) is 9.12. The van der Waals surface area contributed by atoms with Crippen molar-refractivity contribution in [2.24, 2.45) is 5.92 Å². The summed E-state index contributed by atoms with van der Waals surface area (Å²) in [4.78, 5) is 25.0. The number of aliphatic carboxylic acids is 1. The van der Waals surface area contributed by atoms with E-state index in [4.69, 9.17) is 0 Å². The van der Waals surface area contributed by atoms with Crippen LogP contribution in [0.5, 0.6) is 0 Å². The summed E-state index contributed by atoms with van der Waals surface area (Å²) in [5, 5.41) is 12.1. The molecule has 0 radical (unpaired) electrons. The van der Waals surface area contributed by atoms with E-state index in [1.807, 2.05) is 6.92 Å². The minimum absolute atomic E-state index is 0.0752. The lowest BCUT2D eigenvalue weighted by molar-refractivity contribution is -0.145. The van der Waals surface area contributed by atoms with Crippen LogP contribution in [-0.4, -0.2) is 60.6 Å². The number of carbonyl (C=O) groups is 2. The molecular weight excluding hydrogens is 296 g/mol. The van der Waals surface area contributed by atoms with Crippen LogP contribution in [-0.2, 0) is 14.6 Å². The van der Waals surface area contributed by atoms with E-state index in [9.17, 15) is 23.1 Å². The van der Waals surface area contributed by atoms with Gasteiger partial charge in [-0.1, -0.05) is 6.92 Å². The molecule has 2 unspecified atom stereocenters. The first kappa shape index (κ1) is 16.1. The van der Waals surface area contributed by atoms with E-state index in [-0.39, 0.29) is 23.5 Å². The third-order valence-corrected chi connectivity index (χ3v) is 6.04. The number of carbonyl (C=O) groups excluding carboxylic acids is 1. The van der Waals surface area contributed by atoms with Gasteiger partial charge in [0.1, 0.15) is 15.9 Å². The third-order valence-electron chi connectivity index (χ3n) is 4.33. The Morgan fingerprint density at radius 1 is 1.19 bits per heavy atom. The number of amides is 2. The van der Waals surface area contributed by atoms with Gasteiger partial charge in [0.25, 0.3) is 0 Å². The summed E-state index contributed by atoms with van der Waals surface area (Å²) in [6, 6.07) is -1.38. The molecule has 2 saturated heterocycles. The highest BCUT2D eigenvalue weighted by molar-refractivity contribution is 7.91. The lowest BCUT2D eigenvalue weighted by Crippen LogP contribution is -2.57. The number of urea groups is 1. The first-order chi connectivity index (χ1) is 9.80. The molecule has 2 rings (SSSR count). The highest BCUT2D eigenvalue weighted by Gasteiger charge is 2.38. The van der Waals surface area contributed by atoms with Crippen molar-refractivity contribution in [2.45, 2.75) is 44.7 Å². The maximum absolute atomic E-state index is 12.3. The van der Waals surface area contributed by atoms with Crippen LogP contribution in [0, 0.1) is 5.92 Å². The molecule has 2 fully saturated rings. The second-order valence-corrected chi connectivity index (χ2v) is 8.28. The van der Waals surface area contributed by atoms with Crippen molar-refractivity contribution in [1.29, 1.82) is 0 Å². The third kappa shape index (κ3) is 3.87. The van der Waals surface area contributed by atoms with Gasteiger partial charge in [0, 0.05) is 12.6 Å². The Bertz CT molecular complexity index is 505. The maximum atomic E-state index is 12.3. The van der Waals surface area contributed by atoms with E-state index in [0.29, 0.717) is 19.4 Å². The number of carboxylic acids is 1. The number of carboxylic acid groups (broad SMARTS) is 1. The summed E-state index contributed by atoms with van der Waals surface area (Å²) < 4.78 is 22.7. The van der Waals surface area contributed by atoms with Gasteiger partial charge in [0.2, 0.25) is 0 Å². The molecule has 2 atom stereocenters. The zero-order valence-electron chi connectivity index (χ0n) is 12.1. The SMILES string of the molecule is CC1CCCN(C(=O)NC2CCS(=O)(=O)CC2)C1C(=O)O. The van der Waals surface area contributed by atoms with Crippen molar-refractivity contribution in [1.82, 2.24) is 10.2 Å². The number of likely N-dealkylation sites (tertiary alicyclic amines) is 1. The molecule has 7 nitrogen and oxygen atoms in total. The van der Waals surface area contributed by atoms with Crippen LogP contribution in [0.15, 0.2) is 0 Å². The van der Waals surface area contributed by atoms with E-state index < -0.39 is 27.9 Å². The smallest absolute Gasteiger partial charge is 0.326 e. The van der Waals surface area contributed by atoms with Gasteiger partial charge in [0.15, 0.2) is 0 Å². The fraction of sp³-hybridized carbons (Fsp3) is 0.846. The quantitative estimate of drug-likeness (QED) is 0.770. The van der Waals surface area contributed by atoms with Gasteiger partial charge in [-0.05, 0) is 31.6 Å². The lowest BCUT2D eigenvalue weighted by atomic mass is 9.91. The Morgan fingerprint density at radius 3 is 2.38 bits per heavy atom. The minimum atomic E-state index is -2.97. The second kappa shape index (κ2) is 6.21. The number of nitrogens with one attached hydrogen (secondary N) is 1. The summed E-state index contributed by atoms with van der Waals surface area (Å²) in [7, 11) is -2.97. The van der Waals surface area contributed by atoms with Crippen molar-refractivity contribution in [3.63, 3.8) is 0 Å². The minimum Gasteiger partial charge on any atom is -0.480 e. The molecule has 8 heteroatoms. The highest BCUT2D eigenvalue weighted by Crippen LogP contribution is 2.24. The molecule has 0 aliphatic carbocycles. The fourth-order valence-electron chi connectivity index (χ4n) is 3.08. The van der Waals surface area contributed by atoms with Crippen LogP contribution in [0.25, 0.3) is 0 Å². The summed E-state index contributed by atoms with van der Waals surface area (Å²) in [5.74, 6) is -0.898. The van der Waals surface area contributed by atoms with Gasteiger partial charge in [-0.2, -0.15) is 0 Å². The predicted molar refractivity (Wildman–Crippen MR) is 76.7 cm³/mol. The van der Waals surface area contributed by atoms with E-state index in [0.717, 1.165) is 12.8 Å². The maximum Gasteiger partial charge on any atom is 0.326 e. The van der Waals surface area contributed by atoms with Gasteiger partial charge in [0.05, 0.1) is 11.5 Å². The molecule has 0 saturated carbocycles. The topological polar surface area (TPSA) is 104 Å². The Balaban J connectivity index is 1.97. The van der Waals surface area contributed by atoms with Crippen molar-refractivity contribution >= 4 is 21.8 Å². The number of rotatable bonds is 2. The van der Waals surface area contributed by atoms with Gasteiger partial charge in [-0.25, -0.2) is 18.0 Å². The molecule has 120 valence electrons. The van der Waals surface area contributed by atoms with Crippen molar-refractivity contribution < 1.29 is 23.1 Å². The van der Waals surface area contributed by atoms with Crippen molar-refractivity contribution in [3.8, 4) is 0 Å². The summed E-state index contributed by atoms with van der Waals surface area (Å²) in [5.41, 5.74) is 0. The highest BCUT2D eigenvalue weighted by atomic mass is 32.2. The number of hydrogen-bond donors (Lipinski definition) is 2. The zero-order valence-corrected chi connectivity index (χ0v) is 12.9. The Morgan fingerprint density at radius 2 is 1.81 bits per heavy atom. The van der Waals surface area contributed by atoms with Crippen LogP contribution in [0.2, 0.25) is 0 Å². The molecule has 2 aliphatic heterocycles. The average molecular weight is 318 g/mol. The van der Waals surface area contributed by atoms with Crippen molar-refractivity contribution in [2.75, 3.05) is 18.1 Å². The van der Waals surface area contributed by atoms with Crippen molar-refractivity contribution in [3.05, 3.63) is 0 Å². The molecule has 0 aromatic rings. The lowest BCUT2D eigenvalue weighted by Gasteiger charge is -2.38. The van der Waals surface area contributed by atoms with E-state index >= 15 is 0 Å². The molecule has 0 aromatic carbocycles. The average Bonchev–Trinajstić information content (AvgIpc) is 2.40. The fourth-order valence-corrected chi connectivity index (χ4v) is 4.58. The van der Waals surface area contributed by atoms with Gasteiger partial charge < -0.3 is 15.3 Å². The van der Waals surface area contributed by atoms with Crippen LogP contribution in [0.1, 0.15) is 32.6 Å². The molecule has 2 N–H and O–H groups in total. The van der Waals surface area contributed by atoms with E-state index in [2.05, 4.69) is 5.32 Å². The van der Waals surface area contributed by atoms with Gasteiger partial charge in [-0.15, -0.1) is 0 Å². The largest absolute Gasteiger partial charge is 0.480 e. The molecular formula is C13H22N2O5S. The standard InChI is InChI=1S/C13H22N2O5S/c1-9-3-2-6-15(11(9)12(16)17)13(18)14-10-4-7-21(19,20)8-5-10/h9-11H,2-8H2,1H3,(H,14,18)(H,16,17). The first-order valence-electron chi connectivity index (χ1n) is 7.30. The van der Waals surface area contributed by atoms with Gasteiger partial charge >= 0.3 is 12.0 Å². The van der Waals surface area contributed by atoms with Crippen LogP contribution < -0.4 is 5.32 Å². The normalized spacial score (nSPS) is 29.9. The molecule has 2 heterocycles. The number of piperidine rings is 1. The Hall–Kier alpha value is -1.31. The monoisotopic (exact) mass is 318 g/mol. The second-order valence-electron chi connectivity index (χ2n) is 5.97. The number of hydrogen-bond acceptors (Lipinski definition) is 4. The molecule has 21 heavy (non-hydrogen) atoms. The molecule has 0 aromatic heterocycles.